The molecule has 0 aromatic carbocycles. The Hall–Kier alpha value is -0.850. The van der Waals surface area contributed by atoms with Crippen LogP contribution in [-0.4, -0.2) is 34.7 Å². The van der Waals surface area contributed by atoms with Crippen molar-refractivity contribution < 1.29 is 4.79 Å². The normalized spacial score (nSPS) is 9.72. The van der Waals surface area contributed by atoms with Crippen LogP contribution in [0, 0.1) is 13.8 Å². The number of aromatic nitrogens is 2. The maximum atomic E-state index is 11.4. The van der Waals surface area contributed by atoms with Crippen molar-refractivity contribution in [2.24, 2.45) is 5.73 Å². The molecule has 0 aliphatic carbocycles. The van der Waals surface area contributed by atoms with E-state index in [2.05, 4.69) is 15.3 Å². The molecule has 0 aliphatic heterocycles. The molecule has 0 aliphatic rings. The van der Waals surface area contributed by atoms with Gasteiger partial charge < -0.3 is 11.1 Å². The van der Waals surface area contributed by atoms with E-state index in [1.165, 1.54) is 11.8 Å². The van der Waals surface area contributed by atoms with Crippen molar-refractivity contribution in [3.05, 3.63) is 17.5 Å². The second-order valence-electron chi connectivity index (χ2n) is 3.71. The lowest BCUT2D eigenvalue weighted by molar-refractivity contribution is -0.118. The van der Waals surface area contributed by atoms with Crippen molar-refractivity contribution >= 4 is 30.1 Å². The van der Waals surface area contributed by atoms with Gasteiger partial charge in [-0.15, -0.1) is 12.4 Å². The summed E-state index contributed by atoms with van der Waals surface area (Å²) < 4.78 is 0. The van der Waals surface area contributed by atoms with Gasteiger partial charge >= 0.3 is 0 Å². The molecule has 0 unspecified atom stereocenters. The predicted molar refractivity (Wildman–Crippen MR) is 76.2 cm³/mol. The third-order valence-corrected chi connectivity index (χ3v) is 2.84. The van der Waals surface area contributed by atoms with Gasteiger partial charge in [-0.2, -0.15) is 0 Å². The Bertz CT molecular complexity index is 369. The maximum Gasteiger partial charge on any atom is 0.230 e. The highest BCUT2D eigenvalue weighted by Crippen LogP contribution is 2.13. The SMILES string of the molecule is Cc1cc(C)nc(SCC(=O)NCCCN)n1.Cl. The lowest BCUT2D eigenvalue weighted by Gasteiger charge is -2.04. The number of thioether (sulfide) groups is 1. The molecule has 3 N–H and O–H groups in total. The zero-order valence-corrected chi connectivity index (χ0v) is 12.2. The molecular formula is C11H19ClN4OS. The molecule has 0 spiro atoms. The van der Waals surface area contributed by atoms with Gasteiger partial charge in [-0.05, 0) is 32.9 Å². The van der Waals surface area contributed by atoms with Gasteiger partial charge in [-0.25, -0.2) is 9.97 Å². The zero-order valence-electron chi connectivity index (χ0n) is 10.6. The molecule has 0 radical (unpaired) electrons. The molecule has 0 bridgehead atoms. The number of rotatable bonds is 6. The molecular weight excluding hydrogens is 272 g/mol. The quantitative estimate of drug-likeness (QED) is 0.465. The molecule has 1 aromatic rings. The smallest absolute Gasteiger partial charge is 0.230 e. The Morgan fingerprint density at radius 3 is 2.56 bits per heavy atom. The minimum absolute atomic E-state index is 0. The molecule has 0 saturated carbocycles. The lowest BCUT2D eigenvalue weighted by Crippen LogP contribution is -2.27. The van der Waals surface area contributed by atoms with Crippen molar-refractivity contribution in [1.82, 2.24) is 15.3 Å². The number of carbonyl (C=O) groups excluding carboxylic acids is 1. The molecule has 0 saturated heterocycles. The van der Waals surface area contributed by atoms with Crippen LogP contribution in [0.25, 0.3) is 0 Å². The van der Waals surface area contributed by atoms with Gasteiger partial charge in [0.15, 0.2) is 5.16 Å². The number of hydrogen-bond donors (Lipinski definition) is 2. The highest BCUT2D eigenvalue weighted by molar-refractivity contribution is 7.99. The standard InChI is InChI=1S/C11H18N4OS.ClH/c1-8-6-9(2)15-11(14-8)17-7-10(16)13-5-3-4-12;/h6H,3-5,7,12H2,1-2H3,(H,13,16);1H. The van der Waals surface area contributed by atoms with E-state index in [4.69, 9.17) is 5.73 Å². The maximum absolute atomic E-state index is 11.4. The largest absolute Gasteiger partial charge is 0.355 e. The number of halogens is 1. The summed E-state index contributed by atoms with van der Waals surface area (Å²) in [7, 11) is 0. The number of nitrogens with zero attached hydrogens (tertiary/aromatic N) is 2. The van der Waals surface area contributed by atoms with Crippen molar-refractivity contribution in [3.63, 3.8) is 0 Å². The average molecular weight is 291 g/mol. The van der Waals surface area contributed by atoms with Crippen molar-refractivity contribution in [1.29, 1.82) is 0 Å². The fourth-order valence-corrected chi connectivity index (χ4v) is 2.05. The van der Waals surface area contributed by atoms with E-state index in [0.717, 1.165) is 17.8 Å². The first-order valence-corrected chi connectivity index (χ1v) is 6.52. The molecule has 5 nitrogen and oxygen atoms in total. The number of nitrogens with two attached hydrogens (primary N) is 1. The summed E-state index contributed by atoms with van der Waals surface area (Å²) >= 11 is 1.35. The Morgan fingerprint density at radius 1 is 1.39 bits per heavy atom. The second-order valence-corrected chi connectivity index (χ2v) is 4.66. The van der Waals surface area contributed by atoms with Gasteiger partial charge in [0.1, 0.15) is 0 Å². The van der Waals surface area contributed by atoms with E-state index >= 15 is 0 Å². The number of hydrogen-bond acceptors (Lipinski definition) is 5. The van der Waals surface area contributed by atoms with Crippen LogP contribution in [0.2, 0.25) is 0 Å². The topological polar surface area (TPSA) is 80.9 Å². The van der Waals surface area contributed by atoms with Crippen LogP contribution in [0.15, 0.2) is 11.2 Å². The van der Waals surface area contributed by atoms with Crippen molar-refractivity contribution in [2.75, 3.05) is 18.8 Å². The van der Waals surface area contributed by atoms with Crippen molar-refractivity contribution in [2.45, 2.75) is 25.4 Å². The first-order chi connectivity index (χ1) is 8.11. The van der Waals surface area contributed by atoms with E-state index in [0.29, 0.717) is 24.0 Å². The van der Waals surface area contributed by atoms with Gasteiger partial charge in [0.25, 0.3) is 0 Å². The number of aryl methyl sites for hydroxylation is 2. The molecule has 1 aromatic heterocycles. The first-order valence-electron chi connectivity index (χ1n) is 5.53. The Kier molecular flexibility index (Phi) is 8.70. The van der Waals surface area contributed by atoms with Gasteiger partial charge in [0.2, 0.25) is 5.91 Å². The average Bonchev–Trinajstić information content (AvgIpc) is 2.25. The van der Waals surface area contributed by atoms with Crippen LogP contribution in [0.5, 0.6) is 0 Å². The Morgan fingerprint density at radius 2 is 2.00 bits per heavy atom. The zero-order chi connectivity index (χ0) is 12.7. The number of carbonyl (C=O) groups is 1. The second kappa shape index (κ2) is 9.13. The summed E-state index contributed by atoms with van der Waals surface area (Å²) in [5.74, 6) is 0.333. The minimum Gasteiger partial charge on any atom is -0.355 e. The van der Waals surface area contributed by atoms with Gasteiger partial charge in [0.05, 0.1) is 5.75 Å². The van der Waals surface area contributed by atoms with Gasteiger partial charge in [-0.3, -0.25) is 4.79 Å². The van der Waals surface area contributed by atoms with E-state index in [9.17, 15) is 4.79 Å². The number of nitrogens with one attached hydrogen (secondary N) is 1. The molecule has 1 rings (SSSR count). The summed E-state index contributed by atoms with van der Waals surface area (Å²) in [5, 5.41) is 3.44. The van der Waals surface area contributed by atoms with Crippen LogP contribution >= 0.6 is 24.2 Å². The lowest BCUT2D eigenvalue weighted by atomic mass is 10.4. The third-order valence-electron chi connectivity index (χ3n) is 2.00. The fourth-order valence-electron chi connectivity index (χ4n) is 1.27. The van der Waals surface area contributed by atoms with E-state index in [-0.39, 0.29) is 18.3 Å². The van der Waals surface area contributed by atoms with Crippen LogP contribution < -0.4 is 11.1 Å². The number of amides is 1. The van der Waals surface area contributed by atoms with Gasteiger partial charge in [-0.1, -0.05) is 11.8 Å². The molecule has 1 amide bonds. The minimum atomic E-state index is -0.00814. The van der Waals surface area contributed by atoms with E-state index in [1.807, 2.05) is 19.9 Å². The summed E-state index contributed by atoms with van der Waals surface area (Å²) in [4.78, 5) is 19.9. The van der Waals surface area contributed by atoms with Crippen LogP contribution in [0.1, 0.15) is 17.8 Å². The molecule has 1 heterocycles. The molecule has 0 atom stereocenters. The van der Waals surface area contributed by atoms with Crippen molar-refractivity contribution in [3.8, 4) is 0 Å². The summed E-state index contributed by atoms with van der Waals surface area (Å²) in [6.07, 6.45) is 0.802. The highest BCUT2D eigenvalue weighted by atomic mass is 35.5. The predicted octanol–water partition coefficient (Wildman–Crippen LogP) is 1.07. The molecule has 18 heavy (non-hydrogen) atoms. The van der Waals surface area contributed by atoms with Crippen LogP contribution in [0.4, 0.5) is 0 Å². The van der Waals surface area contributed by atoms with Gasteiger partial charge in [0, 0.05) is 17.9 Å². The fraction of sp³-hybridized carbons (Fsp3) is 0.545. The summed E-state index contributed by atoms with van der Waals surface area (Å²) in [6, 6.07) is 1.91. The van der Waals surface area contributed by atoms with Crippen LogP contribution in [-0.2, 0) is 4.79 Å². The molecule has 7 heteroatoms. The first kappa shape index (κ1) is 17.2. The molecule has 0 fully saturated rings. The summed E-state index contributed by atoms with van der Waals surface area (Å²) in [5.41, 5.74) is 7.18. The Labute approximate surface area is 118 Å². The third kappa shape index (κ3) is 6.78. The molecule has 102 valence electrons. The highest BCUT2D eigenvalue weighted by Gasteiger charge is 2.05. The van der Waals surface area contributed by atoms with E-state index < -0.39 is 0 Å². The van der Waals surface area contributed by atoms with Crippen LogP contribution in [0.3, 0.4) is 0 Å². The van der Waals surface area contributed by atoms with E-state index in [1.54, 1.807) is 0 Å². The monoisotopic (exact) mass is 290 g/mol. The summed E-state index contributed by atoms with van der Waals surface area (Å²) in [6.45, 7) is 5.05. The Balaban J connectivity index is 0.00000289.